The first-order valence-electron chi connectivity index (χ1n) is 11.6. The number of amides is 1. The van der Waals surface area contributed by atoms with E-state index in [-0.39, 0.29) is 17.9 Å². The monoisotopic (exact) mass is 492 g/mol. The van der Waals surface area contributed by atoms with E-state index in [2.05, 4.69) is 44.7 Å². The van der Waals surface area contributed by atoms with E-state index >= 15 is 0 Å². The summed E-state index contributed by atoms with van der Waals surface area (Å²) >= 11 is 0. The molecule has 1 aromatic carbocycles. The molecule has 34 heavy (non-hydrogen) atoms. The second-order valence-electron chi connectivity index (χ2n) is 9.36. The minimum atomic E-state index is -3.45. The molecule has 1 amide bonds. The van der Waals surface area contributed by atoms with Crippen molar-refractivity contribution in [1.29, 1.82) is 0 Å². The molecule has 186 valence electrons. The number of alkyl halides is 1. The third-order valence-electron chi connectivity index (χ3n) is 6.48. The highest BCUT2D eigenvalue weighted by Crippen LogP contribution is 2.27. The zero-order chi connectivity index (χ0) is 24.5. The predicted octanol–water partition coefficient (Wildman–Crippen LogP) is 2.68. The van der Waals surface area contributed by atoms with Crippen LogP contribution in [0, 0.1) is 6.92 Å². The lowest BCUT2D eigenvalue weighted by molar-refractivity contribution is 0.0968. The molecule has 0 spiro atoms. The Labute approximate surface area is 200 Å². The Bertz CT molecular complexity index is 1130. The Morgan fingerprint density at radius 1 is 1.18 bits per heavy atom. The molecule has 2 aliphatic heterocycles. The van der Waals surface area contributed by atoms with Gasteiger partial charge in [0.05, 0.1) is 6.26 Å². The van der Waals surface area contributed by atoms with Gasteiger partial charge in [-0.1, -0.05) is 12.1 Å². The van der Waals surface area contributed by atoms with Crippen molar-refractivity contribution in [2.75, 3.05) is 48.6 Å². The summed E-state index contributed by atoms with van der Waals surface area (Å²) in [7, 11) is -3.45. The van der Waals surface area contributed by atoms with Gasteiger partial charge in [0.1, 0.15) is 6.17 Å². The van der Waals surface area contributed by atoms with Crippen LogP contribution in [0.25, 0.3) is 0 Å². The Balaban J connectivity index is 1.37. The van der Waals surface area contributed by atoms with E-state index in [0.717, 1.165) is 39.0 Å². The highest BCUT2D eigenvalue weighted by molar-refractivity contribution is 7.92. The largest absolute Gasteiger partial charge is 0.371 e. The molecule has 3 heterocycles. The van der Waals surface area contributed by atoms with Crippen molar-refractivity contribution in [3.8, 4) is 0 Å². The van der Waals surface area contributed by atoms with Gasteiger partial charge in [-0.3, -0.25) is 9.62 Å². The van der Waals surface area contributed by atoms with Crippen molar-refractivity contribution in [3.63, 3.8) is 0 Å². The predicted molar refractivity (Wildman–Crippen MR) is 130 cm³/mol. The van der Waals surface area contributed by atoms with Gasteiger partial charge in [0.2, 0.25) is 10.0 Å². The van der Waals surface area contributed by atoms with Crippen molar-refractivity contribution in [1.82, 2.24) is 19.6 Å². The van der Waals surface area contributed by atoms with E-state index in [1.165, 1.54) is 33.8 Å². The Kier molecular flexibility index (Phi) is 7.13. The number of nitrogens with one attached hydrogen (secondary N) is 1. The summed E-state index contributed by atoms with van der Waals surface area (Å²) in [6.45, 7) is 8.38. The molecule has 0 saturated carbocycles. The van der Waals surface area contributed by atoms with E-state index in [1.54, 1.807) is 4.90 Å². The van der Waals surface area contributed by atoms with Crippen LogP contribution in [0.2, 0.25) is 0 Å². The Hall–Kier alpha value is -2.66. The van der Waals surface area contributed by atoms with Crippen LogP contribution in [0.3, 0.4) is 0 Å². The number of aryl methyl sites for hydroxylation is 1. The number of sulfonamides is 1. The summed E-state index contributed by atoms with van der Waals surface area (Å²) in [6, 6.07) is 7.66. The molecule has 2 fully saturated rings. The third-order valence-corrected chi connectivity index (χ3v) is 7.06. The number of hydrogen-bond acceptors (Lipinski definition) is 6. The first-order valence-corrected chi connectivity index (χ1v) is 13.5. The molecule has 0 aliphatic carbocycles. The van der Waals surface area contributed by atoms with Gasteiger partial charge in [0, 0.05) is 63.3 Å². The number of carbonyl (C=O) groups is 1. The van der Waals surface area contributed by atoms with Gasteiger partial charge in [0.15, 0.2) is 5.82 Å². The maximum atomic E-state index is 13.6. The van der Waals surface area contributed by atoms with Crippen molar-refractivity contribution in [3.05, 3.63) is 41.6 Å². The molecule has 1 aromatic heterocycles. The normalized spacial score (nSPS) is 20.5. The summed E-state index contributed by atoms with van der Waals surface area (Å²) in [6.07, 6.45) is 2.98. The maximum Gasteiger partial charge on any atom is 0.345 e. The second kappa shape index (κ2) is 9.91. The average Bonchev–Trinajstić information content (AvgIpc) is 3.22. The van der Waals surface area contributed by atoms with Crippen LogP contribution in [0.4, 0.5) is 20.7 Å². The van der Waals surface area contributed by atoms with E-state index < -0.39 is 16.2 Å². The van der Waals surface area contributed by atoms with Gasteiger partial charge in [-0.05, 0) is 43.9 Å². The number of carbonyl (C=O) groups excluding carboxylic acids is 1. The fourth-order valence-electron chi connectivity index (χ4n) is 4.71. The molecule has 9 nitrogen and oxygen atoms in total. The Morgan fingerprint density at radius 3 is 2.59 bits per heavy atom. The summed E-state index contributed by atoms with van der Waals surface area (Å²) in [5, 5.41) is 4.05. The van der Waals surface area contributed by atoms with Crippen LogP contribution in [0.5, 0.6) is 0 Å². The van der Waals surface area contributed by atoms with E-state index in [9.17, 15) is 17.6 Å². The van der Waals surface area contributed by atoms with Crippen molar-refractivity contribution in [2.24, 2.45) is 0 Å². The van der Waals surface area contributed by atoms with Crippen LogP contribution < -0.4 is 9.62 Å². The van der Waals surface area contributed by atoms with Crippen LogP contribution in [0.1, 0.15) is 30.9 Å². The molecular formula is C23H33FN6O3S. The van der Waals surface area contributed by atoms with Crippen LogP contribution >= 0.6 is 0 Å². The van der Waals surface area contributed by atoms with Gasteiger partial charge in [-0.15, -0.1) is 5.10 Å². The quantitative estimate of drug-likeness (QED) is 0.690. The third kappa shape index (κ3) is 5.87. The summed E-state index contributed by atoms with van der Waals surface area (Å²) in [5.41, 5.74) is 3.59. The number of piperidine rings is 1. The molecule has 0 unspecified atom stereocenters. The summed E-state index contributed by atoms with van der Waals surface area (Å²) in [5.74, 6) is 0.119. The molecule has 1 atom stereocenters. The van der Waals surface area contributed by atoms with E-state index in [4.69, 9.17) is 0 Å². The number of anilines is 2. The second-order valence-corrected chi connectivity index (χ2v) is 11.1. The van der Waals surface area contributed by atoms with Gasteiger partial charge in [0.25, 0.3) is 0 Å². The molecule has 2 aliphatic rings. The molecule has 2 saturated heterocycles. The maximum absolute atomic E-state index is 13.6. The molecule has 2 aromatic rings. The zero-order valence-corrected chi connectivity index (χ0v) is 20.8. The molecular weight excluding hydrogens is 459 g/mol. The van der Waals surface area contributed by atoms with Gasteiger partial charge < -0.3 is 9.80 Å². The molecule has 4 rings (SSSR count). The molecule has 0 radical (unpaired) electrons. The number of benzene rings is 1. The summed E-state index contributed by atoms with van der Waals surface area (Å²) in [4.78, 5) is 19.3. The number of halogens is 1. The average molecular weight is 493 g/mol. The van der Waals surface area contributed by atoms with E-state index in [0.29, 0.717) is 19.4 Å². The highest BCUT2D eigenvalue weighted by atomic mass is 32.2. The lowest BCUT2D eigenvalue weighted by Crippen LogP contribution is -2.54. The first-order chi connectivity index (χ1) is 16.1. The zero-order valence-electron chi connectivity index (χ0n) is 19.9. The van der Waals surface area contributed by atoms with E-state index in [1.807, 2.05) is 6.92 Å². The standard InChI is InChI=1S/C23H33FN6O3S/c1-17-4-5-19(14-21(17)28-9-6-20(24)7-10-28)16-27-12-13-29(18(2)15-27)23(31)30-11-8-22(25-30)26-34(3,32)33/h4-5,8,11,14,18,20H,6-7,9-10,12-13,15-16H2,1-3H3,(H,25,26)/t18-/m1/s1. The Morgan fingerprint density at radius 2 is 1.91 bits per heavy atom. The minimum Gasteiger partial charge on any atom is -0.371 e. The fourth-order valence-corrected chi connectivity index (χ4v) is 5.20. The first kappa shape index (κ1) is 24.5. The molecule has 11 heteroatoms. The van der Waals surface area contributed by atoms with Crippen molar-refractivity contribution in [2.45, 2.75) is 45.4 Å². The van der Waals surface area contributed by atoms with Crippen LogP contribution in [-0.4, -0.2) is 85.2 Å². The number of rotatable bonds is 5. The number of piperazine rings is 1. The van der Waals surface area contributed by atoms with Crippen LogP contribution in [-0.2, 0) is 16.6 Å². The minimum absolute atomic E-state index is 0.0229. The smallest absolute Gasteiger partial charge is 0.345 e. The van der Waals surface area contributed by atoms with Gasteiger partial charge in [-0.2, -0.15) is 4.68 Å². The molecule has 0 bridgehead atoms. The van der Waals surface area contributed by atoms with Crippen molar-refractivity contribution < 1.29 is 17.6 Å². The van der Waals surface area contributed by atoms with Gasteiger partial charge in [-0.25, -0.2) is 17.6 Å². The lowest BCUT2D eigenvalue weighted by Gasteiger charge is -2.39. The number of nitrogens with zero attached hydrogens (tertiary/aromatic N) is 5. The topological polar surface area (TPSA) is 90.8 Å². The van der Waals surface area contributed by atoms with Gasteiger partial charge >= 0.3 is 6.03 Å². The van der Waals surface area contributed by atoms with Crippen LogP contribution in [0.15, 0.2) is 30.5 Å². The number of aromatic nitrogens is 2. The summed E-state index contributed by atoms with van der Waals surface area (Å²) < 4.78 is 39.8. The van der Waals surface area contributed by atoms with Crippen molar-refractivity contribution >= 4 is 27.6 Å². The lowest BCUT2D eigenvalue weighted by atomic mass is 10.0. The highest BCUT2D eigenvalue weighted by Gasteiger charge is 2.29. The SMILES string of the molecule is Cc1ccc(CN2CCN(C(=O)n3ccc(NS(C)(=O)=O)n3)[C@H](C)C2)cc1N1CCC(F)CC1. The fraction of sp³-hybridized carbons (Fsp3) is 0.565. The number of hydrogen-bond donors (Lipinski definition) is 1. The molecule has 1 N–H and O–H groups in total.